The minimum atomic E-state index is -0.787. The minimum absolute atomic E-state index is 0.0640. The molecule has 1 aromatic heterocycles. The first-order chi connectivity index (χ1) is 14.6. The molecule has 30 heavy (non-hydrogen) atoms. The van der Waals surface area contributed by atoms with E-state index in [1.807, 2.05) is 30.3 Å². The Labute approximate surface area is 174 Å². The molecular formula is C23H22FN3O3. The van der Waals surface area contributed by atoms with Gasteiger partial charge in [0.25, 0.3) is 0 Å². The molecule has 0 radical (unpaired) electrons. The van der Waals surface area contributed by atoms with Crippen molar-refractivity contribution < 1.29 is 18.7 Å². The molecule has 0 saturated carbocycles. The van der Waals surface area contributed by atoms with Crippen molar-refractivity contribution in [1.82, 2.24) is 9.88 Å². The predicted octanol–water partition coefficient (Wildman–Crippen LogP) is 4.24. The summed E-state index contributed by atoms with van der Waals surface area (Å²) < 4.78 is 19.4. The molecule has 154 valence electrons. The van der Waals surface area contributed by atoms with Crippen LogP contribution in [-0.2, 0) is 11.3 Å². The van der Waals surface area contributed by atoms with Gasteiger partial charge in [-0.2, -0.15) is 5.26 Å². The van der Waals surface area contributed by atoms with E-state index in [1.54, 1.807) is 11.0 Å². The predicted molar refractivity (Wildman–Crippen MR) is 106 cm³/mol. The summed E-state index contributed by atoms with van der Waals surface area (Å²) in [6.07, 6.45) is 4.62. The highest BCUT2D eigenvalue weighted by molar-refractivity contribution is 5.97. The lowest BCUT2D eigenvalue weighted by Crippen LogP contribution is -2.55. The maximum absolute atomic E-state index is 13.9. The number of fused-ring (bicyclic) bond motifs is 2. The van der Waals surface area contributed by atoms with Crippen LogP contribution in [-0.4, -0.2) is 33.8 Å². The van der Waals surface area contributed by atoms with Gasteiger partial charge in [-0.3, -0.25) is 4.79 Å². The van der Waals surface area contributed by atoms with Gasteiger partial charge in [0, 0.05) is 29.8 Å². The molecule has 6 nitrogen and oxygen atoms in total. The van der Waals surface area contributed by atoms with Gasteiger partial charge < -0.3 is 9.64 Å². The van der Waals surface area contributed by atoms with Crippen molar-refractivity contribution in [3.8, 4) is 6.07 Å². The minimum Gasteiger partial charge on any atom is -0.445 e. The van der Waals surface area contributed by atoms with Crippen molar-refractivity contribution in [2.45, 2.75) is 50.8 Å². The Morgan fingerprint density at radius 3 is 2.53 bits per heavy atom. The van der Waals surface area contributed by atoms with Crippen molar-refractivity contribution in [2.24, 2.45) is 5.92 Å². The molecule has 1 aromatic carbocycles. The maximum Gasteiger partial charge on any atom is 0.410 e. The fourth-order valence-corrected chi connectivity index (χ4v) is 4.58. The van der Waals surface area contributed by atoms with Gasteiger partial charge >= 0.3 is 6.09 Å². The standard InChI is InChI=1S/C23H22FN3O3/c24-20-11-17(13-26-21(20)12-25)22(28)16-9-18-7-4-8-19(10-16)27(18)23(29)30-14-15-5-2-1-3-6-15/h1-3,5-6,11,13,16,18-19H,4,7-10,14H2. The molecule has 3 heterocycles. The fourth-order valence-electron chi connectivity index (χ4n) is 4.58. The zero-order chi connectivity index (χ0) is 21.1. The number of amides is 1. The second-order valence-electron chi connectivity index (χ2n) is 7.88. The Kier molecular flexibility index (Phi) is 5.75. The Morgan fingerprint density at radius 1 is 1.20 bits per heavy atom. The number of hydrogen-bond acceptors (Lipinski definition) is 5. The molecule has 7 heteroatoms. The van der Waals surface area contributed by atoms with E-state index in [1.165, 1.54) is 6.20 Å². The van der Waals surface area contributed by atoms with Crippen LogP contribution in [0.15, 0.2) is 42.6 Å². The Balaban J connectivity index is 1.44. The number of halogens is 1. The van der Waals surface area contributed by atoms with Crippen LogP contribution in [0.5, 0.6) is 0 Å². The molecule has 1 amide bonds. The third-order valence-electron chi connectivity index (χ3n) is 5.99. The summed E-state index contributed by atoms with van der Waals surface area (Å²) in [4.78, 5) is 31.3. The number of nitrogens with zero attached hydrogens (tertiary/aromatic N) is 3. The number of benzene rings is 1. The largest absolute Gasteiger partial charge is 0.445 e. The average Bonchev–Trinajstić information content (AvgIpc) is 2.76. The van der Waals surface area contributed by atoms with Crippen LogP contribution < -0.4 is 0 Å². The monoisotopic (exact) mass is 407 g/mol. The van der Waals surface area contributed by atoms with Gasteiger partial charge in [-0.25, -0.2) is 14.2 Å². The molecule has 2 aromatic rings. The summed E-state index contributed by atoms with van der Waals surface area (Å²) in [6.45, 7) is 0.216. The third-order valence-corrected chi connectivity index (χ3v) is 5.99. The van der Waals surface area contributed by atoms with Gasteiger partial charge in [0.15, 0.2) is 17.3 Å². The van der Waals surface area contributed by atoms with Crippen LogP contribution in [0.25, 0.3) is 0 Å². The van der Waals surface area contributed by atoms with Crippen LogP contribution in [0.2, 0.25) is 0 Å². The van der Waals surface area contributed by atoms with E-state index in [-0.39, 0.29) is 47.7 Å². The normalized spacial score (nSPS) is 22.8. The number of aromatic nitrogens is 1. The number of ether oxygens (including phenoxy) is 1. The number of Topliss-reactive ketones (excluding diaryl/α,β-unsaturated/α-hetero) is 1. The van der Waals surface area contributed by atoms with Gasteiger partial charge in [-0.15, -0.1) is 0 Å². The first kappa shape index (κ1) is 20.0. The molecule has 2 fully saturated rings. The van der Waals surface area contributed by atoms with Crippen LogP contribution in [0.1, 0.15) is 53.7 Å². The molecule has 4 rings (SSSR count). The third kappa shape index (κ3) is 4.04. The summed E-state index contributed by atoms with van der Waals surface area (Å²) in [5.74, 6) is -1.27. The number of nitriles is 1. The fraction of sp³-hybridized carbons (Fsp3) is 0.391. The van der Waals surface area contributed by atoms with Crippen molar-refractivity contribution in [3.63, 3.8) is 0 Å². The topological polar surface area (TPSA) is 83.3 Å². The number of ketones is 1. The smallest absolute Gasteiger partial charge is 0.410 e. The highest BCUT2D eigenvalue weighted by Crippen LogP contribution is 2.38. The maximum atomic E-state index is 13.9. The first-order valence-electron chi connectivity index (χ1n) is 10.2. The molecule has 0 aliphatic carbocycles. The van der Waals surface area contributed by atoms with Gasteiger partial charge in [0.1, 0.15) is 12.7 Å². The molecule has 0 N–H and O–H groups in total. The Morgan fingerprint density at radius 2 is 1.90 bits per heavy atom. The summed E-state index contributed by atoms with van der Waals surface area (Å²) in [5, 5.41) is 8.82. The van der Waals surface area contributed by atoms with Gasteiger partial charge in [-0.05, 0) is 43.7 Å². The van der Waals surface area contributed by atoms with Crippen molar-refractivity contribution in [1.29, 1.82) is 5.26 Å². The number of piperidine rings is 2. The van der Waals surface area contributed by atoms with Crippen LogP contribution in [0.4, 0.5) is 9.18 Å². The van der Waals surface area contributed by atoms with E-state index in [0.717, 1.165) is 30.9 Å². The first-order valence-corrected chi connectivity index (χ1v) is 10.2. The van der Waals surface area contributed by atoms with E-state index >= 15 is 0 Å². The number of carbonyl (C=O) groups is 2. The zero-order valence-corrected chi connectivity index (χ0v) is 16.5. The lowest BCUT2D eigenvalue weighted by Gasteiger charge is -2.47. The molecular weight excluding hydrogens is 385 g/mol. The zero-order valence-electron chi connectivity index (χ0n) is 16.5. The van der Waals surface area contributed by atoms with Crippen LogP contribution in [0, 0.1) is 23.1 Å². The molecule has 2 atom stereocenters. The lowest BCUT2D eigenvalue weighted by molar-refractivity contribution is 0.00471. The Bertz CT molecular complexity index is 975. The molecule has 2 unspecified atom stereocenters. The van der Waals surface area contributed by atoms with E-state index in [9.17, 15) is 14.0 Å². The molecule has 2 saturated heterocycles. The molecule has 2 aliphatic heterocycles. The van der Waals surface area contributed by atoms with E-state index in [4.69, 9.17) is 10.00 Å². The van der Waals surface area contributed by atoms with Crippen molar-refractivity contribution >= 4 is 11.9 Å². The second kappa shape index (κ2) is 8.62. The van der Waals surface area contributed by atoms with Gasteiger partial charge in [-0.1, -0.05) is 30.3 Å². The summed E-state index contributed by atoms with van der Waals surface area (Å²) in [6, 6.07) is 12.1. The highest BCUT2D eigenvalue weighted by atomic mass is 19.1. The van der Waals surface area contributed by atoms with Crippen molar-refractivity contribution in [3.05, 3.63) is 65.2 Å². The quantitative estimate of drug-likeness (QED) is 0.708. The highest BCUT2D eigenvalue weighted by Gasteiger charge is 2.43. The van der Waals surface area contributed by atoms with E-state index < -0.39 is 5.82 Å². The van der Waals surface area contributed by atoms with Gasteiger partial charge in [0.05, 0.1) is 0 Å². The molecule has 0 spiro atoms. The number of pyridine rings is 1. The SMILES string of the molecule is N#Cc1ncc(C(=O)C2CC3CCCC(C2)N3C(=O)OCc2ccccc2)cc1F. The summed E-state index contributed by atoms with van der Waals surface area (Å²) in [7, 11) is 0. The molecule has 2 bridgehead atoms. The summed E-state index contributed by atoms with van der Waals surface area (Å²) in [5.41, 5.74) is 0.783. The van der Waals surface area contributed by atoms with Crippen LogP contribution in [0.3, 0.4) is 0 Å². The van der Waals surface area contributed by atoms with Crippen LogP contribution >= 0.6 is 0 Å². The van der Waals surface area contributed by atoms with E-state index in [2.05, 4.69) is 4.98 Å². The lowest BCUT2D eigenvalue weighted by atomic mass is 9.76. The van der Waals surface area contributed by atoms with Gasteiger partial charge in [0.2, 0.25) is 0 Å². The Hall–Kier alpha value is -3.27. The second-order valence-corrected chi connectivity index (χ2v) is 7.88. The summed E-state index contributed by atoms with van der Waals surface area (Å²) >= 11 is 0. The number of hydrogen-bond donors (Lipinski definition) is 0. The number of rotatable bonds is 4. The number of carbonyl (C=O) groups excluding carboxylic acids is 2. The van der Waals surface area contributed by atoms with E-state index in [0.29, 0.717) is 12.8 Å². The average molecular weight is 407 g/mol. The van der Waals surface area contributed by atoms with Crippen molar-refractivity contribution in [2.75, 3.05) is 0 Å². The molecule has 2 aliphatic rings.